The van der Waals surface area contributed by atoms with E-state index >= 15 is 0 Å². The summed E-state index contributed by atoms with van der Waals surface area (Å²) in [5.74, 6) is -0.991. The number of hydrogen-bond acceptors (Lipinski definition) is 4. The number of nitrogen functional groups attached to an aromatic ring is 1. The molecular weight excluding hydrogens is 344 g/mol. The summed E-state index contributed by atoms with van der Waals surface area (Å²) >= 11 is 1.48. The SMILES string of the molecule is Cc1cc(C#N)ccc1-c1c(-c2ccc(N)cc2)csc1/C=C/C(=O)O. The molecule has 26 heavy (non-hydrogen) atoms. The first-order valence-corrected chi connectivity index (χ1v) is 8.77. The van der Waals surface area contributed by atoms with Crippen LogP contribution in [0.5, 0.6) is 0 Å². The van der Waals surface area contributed by atoms with Crippen molar-refractivity contribution in [2.75, 3.05) is 5.73 Å². The maximum Gasteiger partial charge on any atom is 0.328 e. The molecule has 0 atom stereocenters. The molecule has 0 aliphatic rings. The summed E-state index contributed by atoms with van der Waals surface area (Å²) in [5, 5.41) is 20.1. The van der Waals surface area contributed by atoms with Gasteiger partial charge >= 0.3 is 5.97 Å². The van der Waals surface area contributed by atoms with Gasteiger partial charge in [-0.15, -0.1) is 11.3 Å². The smallest absolute Gasteiger partial charge is 0.328 e. The summed E-state index contributed by atoms with van der Waals surface area (Å²) in [7, 11) is 0. The Bertz CT molecular complexity index is 1040. The topological polar surface area (TPSA) is 87.1 Å². The fourth-order valence-electron chi connectivity index (χ4n) is 2.81. The van der Waals surface area contributed by atoms with Crippen LogP contribution >= 0.6 is 11.3 Å². The Morgan fingerprint density at radius 3 is 2.54 bits per heavy atom. The van der Waals surface area contributed by atoms with E-state index in [9.17, 15) is 4.79 Å². The van der Waals surface area contributed by atoms with Crippen LogP contribution in [0.2, 0.25) is 0 Å². The molecule has 0 aliphatic carbocycles. The molecule has 0 saturated carbocycles. The second-order valence-corrected chi connectivity index (χ2v) is 6.73. The van der Waals surface area contributed by atoms with Crippen molar-refractivity contribution in [2.24, 2.45) is 0 Å². The van der Waals surface area contributed by atoms with Crippen molar-refractivity contribution >= 4 is 29.1 Å². The Morgan fingerprint density at radius 2 is 1.92 bits per heavy atom. The Kier molecular flexibility index (Phi) is 4.87. The molecule has 0 radical (unpaired) electrons. The molecule has 3 aromatic rings. The van der Waals surface area contributed by atoms with Crippen molar-refractivity contribution in [2.45, 2.75) is 6.92 Å². The van der Waals surface area contributed by atoms with Gasteiger partial charge in [-0.1, -0.05) is 18.2 Å². The first-order valence-electron chi connectivity index (χ1n) is 7.89. The third kappa shape index (κ3) is 3.51. The van der Waals surface area contributed by atoms with Gasteiger partial charge in [-0.05, 0) is 59.3 Å². The number of hydrogen-bond donors (Lipinski definition) is 2. The summed E-state index contributed by atoms with van der Waals surface area (Å²) < 4.78 is 0. The van der Waals surface area contributed by atoms with Crippen LogP contribution in [0.4, 0.5) is 5.69 Å². The minimum atomic E-state index is -0.991. The van der Waals surface area contributed by atoms with Crippen molar-refractivity contribution in [3.63, 3.8) is 0 Å². The van der Waals surface area contributed by atoms with E-state index in [2.05, 4.69) is 6.07 Å². The van der Waals surface area contributed by atoms with E-state index in [4.69, 9.17) is 16.1 Å². The van der Waals surface area contributed by atoms with E-state index in [1.165, 1.54) is 11.3 Å². The van der Waals surface area contributed by atoms with Crippen LogP contribution in [0.1, 0.15) is 16.0 Å². The normalized spacial score (nSPS) is 10.8. The fraction of sp³-hybridized carbons (Fsp3) is 0.0476. The van der Waals surface area contributed by atoms with Gasteiger partial charge in [-0.2, -0.15) is 5.26 Å². The van der Waals surface area contributed by atoms with Gasteiger partial charge in [-0.25, -0.2) is 4.79 Å². The largest absolute Gasteiger partial charge is 0.478 e. The summed E-state index contributed by atoms with van der Waals surface area (Å²) in [6.07, 6.45) is 2.75. The molecule has 2 aromatic carbocycles. The first kappa shape index (κ1) is 17.5. The van der Waals surface area contributed by atoms with E-state index in [1.54, 1.807) is 12.1 Å². The zero-order valence-corrected chi connectivity index (χ0v) is 14.9. The van der Waals surface area contributed by atoms with Gasteiger partial charge in [0.2, 0.25) is 0 Å². The standard InChI is InChI=1S/C21H16N2O2S/c1-13-10-14(11-22)2-7-17(13)21-18(15-3-5-16(23)6-4-15)12-26-19(21)8-9-20(24)25/h2-10,12H,23H2,1H3,(H,24,25)/b9-8+. The summed E-state index contributed by atoms with van der Waals surface area (Å²) in [6.45, 7) is 1.95. The lowest BCUT2D eigenvalue weighted by atomic mass is 9.93. The third-order valence-electron chi connectivity index (χ3n) is 4.04. The van der Waals surface area contributed by atoms with Crippen LogP contribution in [0.15, 0.2) is 53.9 Å². The van der Waals surface area contributed by atoms with Gasteiger partial charge in [0, 0.05) is 27.8 Å². The number of nitrogens with zero attached hydrogens (tertiary/aromatic N) is 1. The molecule has 128 valence electrons. The summed E-state index contributed by atoms with van der Waals surface area (Å²) in [4.78, 5) is 11.8. The highest BCUT2D eigenvalue weighted by molar-refractivity contribution is 7.12. The lowest BCUT2D eigenvalue weighted by molar-refractivity contribution is -0.131. The van der Waals surface area contributed by atoms with E-state index < -0.39 is 5.97 Å². The lowest BCUT2D eigenvalue weighted by Gasteiger charge is -2.11. The molecular formula is C21H16N2O2S. The van der Waals surface area contributed by atoms with Gasteiger partial charge < -0.3 is 10.8 Å². The second kappa shape index (κ2) is 7.26. The van der Waals surface area contributed by atoms with Crippen LogP contribution in [0.25, 0.3) is 28.3 Å². The minimum Gasteiger partial charge on any atom is -0.478 e. The molecule has 3 rings (SSSR count). The highest BCUT2D eigenvalue weighted by atomic mass is 32.1. The lowest BCUT2D eigenvalue weighted by Crippen LogP contribution is -1.90. The molecule has 1 heterocycles. The van der Waals surface area contributed by atoms with Crippen LogP contribution in [-0.4, -0.2) is 11.1 Å². The maximum absolute atomic E-state index is 11.0. The maximum atomic E-state index is 11.0. The second-order valence-electron chi connectivity index (χ2n) is 5.82. The monoisotopic (exact) mass is 360 g/mol. The van der Waals surface area contributed by atoms with E-state index in [0.717, 1.165) is 38.8 Å². The quantitative estimate of drug-likeness (QED) is 0.509. The summed E-state index contributed by atoms with van der Waals surface area (Å²) in [6, 6.07) is 15.3. The number of aliphatic carboxylic acids is 1. The Hall–Kier alpha value is -3.36. The summed E-state index contributed by atoms with van der Waals surface area (Å²) in [5.41, 5.74) is 12.0. The number of carboxylic acids is 1. The van der Waals surface area contributed by atoms with Gasteiger partial charge in [0.05, 0.1) is 11.6 Å². The third-order valence-corrected chi connectivity index (χ3v) is 4.99. The number of thiophene rings is 1. The average Bonchev–Trinajstić information content (AvgIpc) is 3.04. The number of benzene rings is 2. The Balaban J connectivity index is 2.23. The zero-order chi connectivity index (χ0) is 18.7. The van der Waals surface area contributed by atoms with E-state index in [1.807, 2.05) is 48.7 Å². The molecule has 0 saturated heterocycles. The first-order chi connectivity index (χ1) is 12.5. The number of nitriles is 1. The van der Waals surface area contributed by atoms with Gasteiger partial charge in [-0.3, -0.25) is 0 Å². The van der Waals surface area contributed by atoms with Crippen molar-refractivity contribution in [3.8, 4) is 28.3 Å². The highest BCUT2D eigenvalue weighted by Crippen LogP contribution is 2.41. The number of carboxylic acid groups (broad SMARTS) is 1. The van der Waals surface area contributed by atoms with Gasteiger partial charge in [0.1, 0.15) is 0 Å². The van der Waals surface area contributed by atoms with Crippen LogP contribution in [0, 0.1) is 18.3 Å². The zero-order valence-electron chi connectivity index (χ0n) is 14.1. The van der Waals surface area contributed by atoms with Crippen LogP contribution < -0.4 is 5.73 Å². The number of nitrogens with two attached hydrogens (primary N) is 1. The van der Waals surface area contributed by atoms with Crippen molar-refractivity contribution < 1.29 is 9.90 Å². The fourth-order valence-corrected chi connectivity index (χ4v) is 3.79. The number of aryl methyl sites for hydroxylation is 1. The molecule has 0 aliphatic heterocycles. The molecule has 3 N–H and O–H groups in total. The molecule has 0 amide bonds. The number of carbonyl (C=O) groups is 1. The molecule has 0 spiro atoms. The molecule has 1 aromatic heterocycles. The minimum absolute atomic E-state index is 0.596. The van der Waals surface area contributed by atoms with Crippen molar-refractivity contribution in [3.05, 3.63) is 69.9 Å². The molecule has 0 unspecified atom stereocenters. The van der Waals surface area contributed by atoms with Crippen LogP contribution in [0.3, 0.4) is 0 Å². The highest BCUT2D eigenvalue weighted by Gasteiger charge is 2.16. The molecule has 5 heteroatoms. The number of rotatable bonds is 4. The van der Waals surface area contributed by atoms with Crippen molar-refractivity contribution in [1.29, 1.82) is 5.26 Å². The van der Waals surface area contributed by atoms with Gasteiger partial charge in [0.25, 0.3) is 0 Å². The molecule has 0 bridgehead atoms. The van der Waals surface area contributed by atoms with E-state index in [0.29, 0.717) is 11.3 Å². The predicted octanol–water partition coefficient (Wildman–Crippen LogP) is 4.94. The van der Waals surface area contributed by atoms with Crippen molar-refractivity contribution in [1.82, 2.24) is 0 Å². The molecule has 0 fully saturated rings. The number of anilines is 1. The predicted molar refractivity (Wildman–Crippen MR) is 106 cm³/mol. The average molecular weight is 360 g/mol. The van der Waals surface area contributed by atoms with Gasteiger partial charge in [0.15, 0.2) is 0 Å². The Labute approximate surface area is 155 Å². The van der Waals surface area contributed by atoms with Crippen LogP contribution in [-0.2, 0) is 4.79 Å². The Morgan fingerprint density at radius 1 is 1.19 bits per heavy atom. The molecule has 4 nitrogen and oxygen atoms in total. The van der Waals surface area contributed by atoms with E-state index in [-0.39, 0.29) is 0 Å².